The number of nitrogens with one attached hydrogen (secondary N) is 1. The first-order valence-corrected chi connectivity index (χ1v) is 12.1. The van der Waals surface area contributed by atoms with Gasteiger partial charge in [-0.25, -0.2) is 4.68 Å². The fourth-order valence-electron chi connectivity index (χ4n) is 2.63. The summed E-state index contributed by atoms with van der Waals surface area (Å²) in [7, 11) is 1.56. The van der Waals surface area contributed by atoms with Gasteiger partial charge in [-0.1, -0.05) is 41.2 Å². The smallest absolute Gasteiger partial charge is 0.243 e. The van der Waals surface area contributed by atoms with Crippen molar-refractivity contribution in [3.8, 4) is 0 Å². The van der Waals surface area contributed by atoms with Crippen molar-refractivity contribution < 1.29 is 14.4 Å². The third kappa shape index (κ3) is 7.45. The second-order valence-electron chi connectivity index (χ2n) is 6.94. The Bertz CT molecular complexity index is 930. The van der Waals surface area contributed by atoms with Crippen LogP contribution in [0.4, 0.5) is 5.69 Å². The van der Waals surface area contributed by atoms with Gasteiger partial charge in [-0.05, 0) is 32.9 Å². The molecular weight excluding hydrogens is 450 g/mol. The number of nitrogens with zero attached hydrogens (tertiary/aromatic N) is 5. The predicted octanol–water partition coefficient (Wildman–Crippen LogP) is 1.45. The molecule has 0 spiro atoms. The van der Waals surface area contributed by atoms with Gasteiger partial charge in [0.05, 0.1) is 18.1 Å². The maximum atomic E-state index is 12.4. The monoisotopic (exact) mass is 479 g/mol. The van der Waals surface area contributed by atoms with E-state index in [9.17, 15) is 14.4 Å². The number of hydrogen-bond acceptors (Lipinski definition) is 8. The topological polar surface area (TPSA) is 126 Å². The van der Waals surface area contributed by atoms with Gasteiger partial charge in [0, 0.05) is 25.8 Å². The molecule has 0 saturated heterocycles. The second kappa shape index (κ2) is 12.3. The molecule has 0 bridgehead atoms. The lowest BCUT2D eigenvalue weighted by Crippen LogP contribution is -2.36. The predicted molar refractivity (Wildman–Crippen MR) is 127 cm³/mol. The molecule has 0 atom stereocenters. The first-order valence-electron chi connectivity index (χ1n) is 10.1. The van der Waals surface area contributed by atoms with Gasteiger partial charge in [-0.2, -0.15) is 0 Å². The summed E-state index contributed by atoms with van der Waals surface area (Å²) < 4.78 is 1.27. The Hall–Kier alpha value is -2.73. The van der Waals surface area contributed by atoms with Gasteiger partial charge in [0.25, 0.3) is 0 Å². The van der Waals surface area contributed by atoms with Gasteiger partial charge in [-0.3, -0.25) is 14.4 Å². The van der Waals surface area contributed by atoms with E-state index in [0.29, 0.717) is 29.1 Å². The molecule has 1 aromatic carbocycles. The zero-order valence-corrected chi connectivity index (χ0v) is 20.3. The third-order valence-electron chi connectivity index (χ3n) is 4.54. The second-order valence-corrected chi connectivity index (χ2v) is 8.83. The quantitative estimate of drug-likeness (QED) is 0.366. The van der Waals surface area contributed by atoms with E-state index >= 15 is 0 Å². The SMILES string of the molecule is CCN(CC)C(=O)CSc1nnc(SCC(=O)N(C)CC(=O)Nc2ccc(C)cc2)n1N. The zero-order chi connectivity index (χ0) is 23.7. The van der Waals surface area contributed by atoms with E-state index in [1.807, 2.05) is 45.0 Å². The fraction of sp³-hybridized carbons (Fsp3) is 0.450. The van der Waals surface area contributed by atoms with Crippen molar-refractivity contribution in [3.63, 3.8) is 0 Å². The van der Waals surface area contributed by atoms with E-state index < -0.39 is 0 Å². The Morgan fingerprint density at radius 1 is 1.00 bits per heavy atom. The van der Waals surface area contributed by atoms with Crippen LogP contribution in [0.3, 0.4) is 0 Å². The van der Waals surface area contributed by atoms with Crippen LogP contribution < -0.4 is 11.2 Å². The van der Waals surface area contributed by atoms with Crippen molar-refractivity contribution in [2.24, 2.45) is 0 Å². The average molecular weight is 480 g/mol. The number of aromatic nitrogens is 3. The minimum Gasteiger partial charge on any atom is -0.343 e. The summed E-state index contributed by atoms with van der Waals surface area (Å²) in [5.74, 6) is 5.73. The molecule has 1 aromatic heterocycles. The molecule has 0 aliphatic carbocycles. The summed E-state index contributed by atoms with van der Waals surface area (Å²) in [6, 6.07) is 7.42. The number of hydrogen-bond donors (Lipinski definition) is 2. The number of carbonyl (C=O) groups is 3. The number of likely N-dealkylation sites (N-methyl/N-ethyl adjacent to an activating group) is 1. The molecule has 12 heteroatoms. The van der Waals surface area contributed by atoms with E-state index in [2.05, 4.69) is 15.5 Å². The third-order valence-corrected chi connectivity index (χ3v) is 6.40. The molecule has 1 heterocycles. The molecule has 2 aromatic rings. The zero-order valence-electron chi connectivity index (χ0n) is 18.7. The standard InChI is InChI=1S/C20H29N7O3S2/c1-5-26(6-2)18(30)13-32-20-24-23-19(27(20)21)31-12-17(29)25(4)11-16(28)22-15-9-7-14(3)8-10-15/h7-10H,5-6,11-13,21H2,1-4H3,(H,22,28). The first-order chi connectivity index (χ1) is 15.2. The van der Waals surface area contributed by atoms with Crippen LogP contribution in [0.15, 0.2) is 34.6 Å². The number of anilines is 1. The highest BCUT2D eigenvalue weighted by atomic mass is 32.2. The Balaban J connectivity index is 1.81. The van der Waals surface area contributed by atoms with Crippen molar-refractivity contribution in [2.75, 3.05) is 49.3 Å². The van der Waals surface area contributed by atoms with E-state index in [1.54, 1.807) is 11.9 Å². The molecule has 0 radical (unpaired) electrons. The van der Waals surface area contributed by atoms with Crippen LogP contribution in [0.1, 0.15) is 19.4 Å². The van der Waals surface area contributed by atoms with Crippen LogP contribution >= 0.6 is 23.5 Å². The maximum absolute atomic E-state index is 12.4. The Labute approximate surface area is 196 Å². The van der Waals surface area contributed by atoms with Crippen molar-refractivity contribution in [1.82, 2.24) is 24.7 Å². The highest BCUT2D eigenvalue weighted by Crippen LogP contribution is 2.21. The normalized spacial score (nSPS) is 10.6. The number of thioether (sulfide) groups is 2. The van der Waals surface area contributed by atoms with Crippen LogP contribution in [-0.4, -0.2) is 80.6 Å². The molecular formula is C20H29N7O3S2. The summed E-state index contributed by atoms with van der Waals surface area (Å²) >= 11 is 2.32. The summed E-state index contributed by atoms with van der Waals surface area (Å²) in [6.45, 7) is 7.03. The van der Waals surface area contributed by atoms with E-state index in [4.69, 9.17) is 5.84 Å². The maximum Gasteiger partial charge on any atom is 0.243 e. The van der Waals surface area contributed by atoms with Crippen molar-refractivity contribution in [2.45, 2.75) is 31.1 Å². The molecule has 0 fully saturated rings. The Kier molecular flexibility index (Phi) is 9.85. The summed E-state index contributed by atoms with van der Waals surface area (Å²) in [5.41, 5.74) is 1.77. The van der Waals surface area contributed by atoms with Crippen molar-refractivity contribution in [3.05, 3.63) is 29.8 Å². The average Bonchev–Trinajstić information content (AvgIpc) is 3.12. The molecule has 32 heavy (non-hydrogen) atoms. The summed E-state index contributed by atoms with van der Waals surface area (Å²) in [6.07, 6.45) is 0. The van der Waals surface area contributed by atoms with Crippen LogP contribution in [0, 0.1) is 6.92 Å². The number of carbonyl (C=O) groups excluding carboxylic acids is 3. The van der Waals surface area contributed by atoms with Gasteiger partial charge in [0.1, 0.15) is 0 Å². The molecule has 10 nitrogen and oxygen atoms in total. The number of nitrogen functional groups attached to an aromatic ring is 1. The number of amides is 3. The highest BCUT2D eigenvalue weighted by molar-refractivity contribution is 8.00. The number of nitrogens with two attached hydrogens (primary N) is 1. The molecule has 3 N–H and O–H groups in total. The molecule has 3 amide bonds. The van der Waals surface area contributed by atoms with Crippen molar-refractivity contribution in [1.29, 1.82) is 0 Å². The van der Waals surface area contributed by atoms with E-state index in [-0.39, 0.29) is 35.8 Å². The Morgan fingerprint density at radius 2 is 1.53 bits per heavy atom. The van der Waals surface area contributed by atoms with Crippen LogP contribution in [-0.2, 0) is 14.4 Å². The molecule has 0 unspecified atom stereocenters. The van der Waals surface area contributed by atoms with Crippen LogP contribution in [0.2, 0.25) is 0 Å². The molecule has 0 saturated carbocycles. The van der Waals surface area contributed by atoms with Crippen LogP contribution in [0.5, 0.6) is 0 Å². The lowest BCUT2D eigenvalue weighted by atomic mass is 10.2. The van der Waals surface area contributed by atoms with Gasteiger partial charge < -0.3 is 21.0 Å². The number of rotatable bonds is 11. The fourth-order valence-corrected chi connectivity index (χ4v) is 4.25. The van der Waals surface area contributed by atoms with Gasteiger partial charge in [0.2, 0.25) is 28.0 Å². The lowest BCUT2D eigenvalue weighted by molar-refractivity contribution is -0.131. The summed E-state index contributed by atoms with van der Waals surface area (Å²) in [4.78, 5) is 39.8. The highest BCUT2D eigenvalue weighted by Gasteiger charge is 2.18. The lowest BCUT2D eigenvalue weighted by Gasteiger charge is -2.17. The van der Waals surface area contributed by atoms with Gasteiger partial charge >= 0.3 is 0 Å². The van der Waals surface area contributed by atoms with Crippen LogP contribution in [0.25, 0.3) is 0 Å². The minimum atomic E-state index is -0.284. The molecule has 0 aliphatic rings. The van der Waals surface area contributed by atoms with Gasteiger partial charge in [-0.15, -0.1) is 10.2 Å². The molecule has 0 aliphatic heterocycles. The number of benzene rings is 1. The molecule has 174 valence electrons. The van der Waals surface area contributed by atoms with Crippen molar-refractivity contribution >= 4 is 46.9 Å². The van der Waals surface area contributed by atoms with Gasteiger partial charge in [0.15, 0.2) is 0 Å². The molecule has 2 rings (SSSR count). The Morgan fingerprint density at radius 3 is 2.06 bits per heavy atom. The summed E-state index contributed by atoms with van der Waals surface area (Å²) in [5, 5.41) is 11.5. The largest absolute Gasteiger partial charge is 0.343 e. The van der Waals surface area contributed by atoms with E-state index in [1.165, 1.54) is 21.3 Å². The number of aryl methyl sites for hydroxylation is 1. The first kappa shape index (κ1) is 25.5. The van der Waals surface area contributed by atoms with E-state index in [0.717, 1.165) is 17.3 Å². The minimum absolute atomic E-state index is 0.00193.